The van der Waals surface area contributed by atoms with E-state index < -0.39 is 0 Å². The number of anilines is 1. The summed E-state index contributed by atoms with van der Waals surface area (Å²) in [5.74, 6) is 1.27. The van der Waals surface area contributed by atoms with Crippen molar-refractivity contribution in [1.29, 1.82) is 0 Å². The predicted molar refractivity (Wildman–Crippen MR) is 96.8 cm³/mol. The van der Waals surface area contributed by atoms with Crippen LogP contribution in [0.3, 0.4) is 0 Å². The van der Waals surface area contributed by atoms with Gasteiger partial charge in [0.25, 0.3) is 0 Å². The standard InChI is InChI=1S/C19H23FN4O2/c1-19(2,3)18(25)24-9-7-23(8-10-24)16-12-17(22-13-21-16)26-15-6-4-5-14(20)11-15/h4-6,11-13H,7-10H2,1-3H3. The zero-order valence-corrected chi connectivity index (χ0v) is 15.3. The van der Waals surface area contributed by atoms with Crippen LogP contribution in [-0.4, -0.2) is 47.0 Å². The van der Waals surface area contributed by atoms with Gasteiger partial charge in [-0.15, -0.1) is 0 Å². The number of rotatable bonds is 3. The Kier molecular flexibility index (Phi) is 5.06. The summed E-state index contributed by atoms with van der Waals surface area (Å²) in [5.41, 5.74) is -0.372. The Morgan fingerprint density at radius 3 is 2.50 bits per heavy atom. The van der Waals surface area contributed by atoms with Crippen LogP contribution < -0.4 is 9.64 Å². The minimum absolute atomic E-state index is 0.162. The maximum absolute atomic E-state index is 13.3. The van der Waals surface area contributed by atoms with E-state index in [-0.39, 0.29) is 17.1 Å². The largest absolute Gasteiger partial charge is 0.439 e. The van der Waals surface area contributed by atoms with Gasteiger partial charge < -0.3 is 14.5 Å². The number of hydrogen-bond acceptors (Lipinski definition) is 5. The third-order valence-electron chi connectivity index (χ3n) is 4.18. The summed E-state index contributed by atoms with van der Waals surface area (Å²) < 4.78 is 18.9. The van der Waals surface area contributed by atoms with Crippen LogP contribution in [0.15, 0.2) is 36.7 Å². The third-order valence-corrected chi connectivity index (χ3v) is 4.18. The summed E-state index contributed by atoms with van der Waals surface area (Å²) in [6.07, 6.45) is 1.43. The van der Waals surface area contributed by atoms with Crippen molar-refractivity contribution in [3.63, 3.8) is 0 Å². The normalized spacial score (nSPS) is 15.1. The average molecular weight is 358 g/mol. The van der Waals surface area contributed by atoms with E-state index in [4.69, 9.17) is 4.74 Å². The molecule has 0 atom stereocenters. The second kappa shape index (κ2) is 7.27. The smallest absolute Gasteiger partial charge is 0.228 e. The summed E-state index contributed by atoms with van der Waals surface area (Å²) >= 11 is 0. The number of carbonyl (C=O) groups excluding carboxylic acids is 1. The first kappa shape index (κ1) is 18.1. The molecule has 0 radical (unpaired) electrons. The minimum Gasteiger partial charge on any atom is -0.439 e. The predicted octanol–water partition coefficient (Wildman–Crippen LogP) is 3.10. The van der Waals surface area contributed by atoms with E-state index in [2.05, 4.69) is 14.9 Å². The first-order chi connectivity index (χ1) is 12.3. The minimum atomic E-state index is -0.372. The fraction of sp³-hybridized carbons (Fsp3) is 0.421. The van der Waals surface area contributed by atoms with Crippen molar-refractivity contribution >= 4 is 11.7 Å². The molecular weight excluding hydrogens is 335 g/mol. The van der Waals surface area contributed by atoms with Gasteiger partial charge in [-0.1, -0.05) is 26.8 Å². The molecule has 2 aromatic rings. The molecule has 0 spiro atoms. The molecule has 1 aromatic carbocycles. The number of nitrogens with zero attached hydrogens (tertiary/aromatic N) is 4. The molecule has 1 aliphatic rings. The van der Waals surface area contributed by atoms with Crippen molar-refractivity contribution in [3.8, 4) is 11.6 Å². The van der Waals surface area contributed by atoms with Gasteiger partial charge in [0, 0.05) is 43.7 Å². The number of benzene rings is 1. The van der Waals surface area contributed by atoms with Crippen molar-refractivity contribution in [2.45, 2.75) is 20.8 Å². The molecule has 1 saturated heterocycles. The lowest BCUT2D eigenvalue weighted by molar-refractivity contribution is -0.139. The van der Waals surface area contributed by atoms with E-state index in [9.17, 15) is 9.18 Å². The van der Waals surface area contributed by atoms with Gasteiger partial charge in [0.15, 0.2) is 0 Å². The lowest BCUT2D eigenvalue weighted by atomic mass is 9.94. The fourth-order valence-corrected chi connectivity index (χ4v) is 2.82. The number of aromatic nitrogens is 2. The maximum Gasteiger partial charge on any atom is 0.228 e. The van der Waals surface area contributed by atoms with Crippen molar-refractivity contribution < 1.29 is 13.9 Å². The van der Waals surface area contributed by atoms with Gasteiger partial charge in [-0.2, -0.15) is 0 Å². The Balaban J connectivity index is 1.65. The van der Waals surface area contributed by atoms with E-state index in [0.29, 0.717) is 37.8 Å². The molecule has 7 heteroatoms. The van der Waals surface area contributed by atoms with Gasteiger partial charge in [0.05, 0.1) is 0 Å². The zero-order chi connectivity index (χ0) is 18.7. The van der Waals surface area contributed by atoms with E-state index in [1.54, 1.807) is 18.2 Å². The third kappa shape index (κ3) is 4.28. The van der Waals surface area contributed by atoms with Crippen LogP contribution in [-0.2, 0) is 4.79 Å². The molecule has 0 unspecified atom stereocenters. The maximum atomic E-state index is 13.3. The fourth-order valence-electron chi connectivity index (χ4n) is 2.82. The zero-order valence-electron chi connectivity index (χ0n) is 15.3. The van der Waals surface area contributed by atoms with Gasteiger partial charge in [0.1, 0.15) is 23.7 Å². The molecule has 26 heavy (non-hydrogen) atoms. The first-order valence-electron chi connectivity index (χ1n) is 8.63. The van der Waals surface area contributed by atoms with E-state index in [0.717, 1.165) is 5.82 Å². The highest BCUT2D eigenvalue weighted by Gasteiger charge is 2.30. The molecule has 0 bridgehead atoms. The molecule has 3 rings (SSSR count). The van der Waals surface area contributed by atoms with Crippen LogP contribution in [0.1, 0.15) is 20.8 Å². The van der Waals surface area contributed by atoms with Gasteiger partial charge in [0.2, 0.25) is 11.8 Å². The highest BCUT2D eigenvalue weighted by atomic mass is 19.1. The Bertz CT molecular complexity index is 783. The molecule has 1 amide bonds. The Morgan fingerprint density at radius 2 is 1.85 bits per heavy atom. The summed E-state index contributed by atoms with van der Waals surface area (Å²) in [7, 11) is 0. The number of hydrogen-bond donors (Lipinski definition) is 0. The molecule has 1 aliphatic heterocycles. The number of carbonyl (C=O) groups is 1. The lowest BCUT2D eigenvalue weighted by Gasteiger charge is -2.38. The van der Waals surface area contributed by atoms with E-state index >= 15 is 0 Å². The van der Waals surface area contributed by atoms with Crippen LogP contribution in [0.2, 0.25) is 0 Å². The monoisotopic (exact) mass is 358 g/mol. The van der Waals surface area contributed by atoms with Crippen molar-refractivity contribution in [2.75, 3.05) is 31.1 Å². The lowest BCUT2D eigenvalue weighted by Crippen LogP contribution is -2.51. The first-order valence-corrected chi connectivity index (χ1v) is 8.63. The van der Waals surface area contributed by atoms with Crippen LogP contribution >= 0.6 is 0 Å². The molecule has 2 heterocycles. The van der Waals surface area contributed by atoms with Gasteiger partial charge >= 0.3 is 0 Å². The van der Waals surface area contributed by atoms with Crippen LogP contribution in [0.4, 0.5) is 10.2 Å². The Hall–Kier alpha value is -2.70. The van der Waals surface area contributed by atoms with Gasteiger partial charge in [-0.3, -0.25) is 4.79 Å². The Morgan fingerprint density at radius 1 is 1.12 bits per heavy atom. The number of piperazine rings is 1. The van der Waals surface area contributed by atoms with Crippen LogP contribution in [0.25, 0.3) is 0 Å². The molecule has 138 valence electrons. The average Bonchev–Trinajstić information content (AvgIpc) is 2.61. The van der Waals surface area contributed by atoms with Gasteiger partial charge in [-0.05, 0) is 12.1 Å². The summed E-state index contributed by atoms with van der Waals surface area (Å²) in [6, 6.07) is 7.64. The van der Waals surface area contributed by atoms with Crippen molar-refractivity contribution in [3.05, 3.63) is 42.5 Å². The Labute approximate surface area is 152 Å². The SMILES string of the molecule is CC(C)(C)C(=O)N1CCN(c2cc(Oc3cccc(F)c3)ncn2)CC1. The van der Waals surface area contributed by atoms with E-state index in [1.165, 1.54) is 18.5 Å². The molecule has 1 fully saturated rings. The second-order valence-corrected chi connectivity index (χ2v) is 7.30. The highest BCUT2D eigenvalue weighted by molar-refractivity contribution is 5.81. The quantitative estimate of drug-likeness (QED) is 0.844. The summed E-state index contributed by atoms with van der Waals surface area (Å²) in [6.45, 7) is 8.49. The van der Waals surface area contributed by atoms with Crippen molar-refractivity contribution in [2.24, 2.45) is 5.41 Å². The van der Waals surface area contributed by atoms with E-state index in [1.807, 2.05) is 25.7 Å². The summed E-state index contributed by atoms with van der Waals surface area (Å²) in [5, 5.41) is 0. The molecule has 0 aliphatic carbocycles. The number of ether oxygens (including phenoxy) is 1. The second-order valence-electron chi connectivity index (χ2n) is 7.30. The summed E-state index contributed by atoms with van der Waals surface area (Å²) in [4.78, 5) is 24.7. The van der Waals surface area contributed by atoms with Gasteiger partial charge in [-0.25, -0.2) is 14.4 Å². The van der Waals surface area contributed by atoms with Crippen LogP contribution in [0, 0.1) is 11.2 Å². The molecular formula is C19H23FN4O2. The number of halogens is 1. The molecule has 0 N–H and O–H groups in total. The molecule has 1 aromatic heterocycles. The molecule has 6 nitrogen and oxygen atoms in total. The number of amides is 1. The van der Waals surface area contributed by atoms with Crippen molar-refractivity contribution in [1.82, 2.24) is 14.9 Å². The highest BCUT2D eigenvalue weighted by Crippen LogP contribution is 2.24. The van der Waals surface area contributed by atoms with Crippen LogP contribution in [0.5, 0.6) is 11.6 Å². The molecule has 0 saturated carbocycles. The topological polar surface area (TPSA) is 58.6 Å².